The van der Waals surface area contributed by atoms with Gasteiger partial charge in [-0.2, -0.15) is 8.78 Å². The number of ether oxygens (including phenoxy) is 1. The molecule has 5 nitrogen and oxygen atoms in total. The van der Waals surface area contributed by atoms with Crippen LogP contribution in [-0.4, -0.2) is 23.6 Å². The van der Waals surface area contributed by atoms with E-state index in [4.69, 9.17) is 0 Å². The SMILES string of the molecule is CC(C)(C)C1CCc2c(sc(NC(=O)c3ccc(OC(F)F)cc3)c2C(=O)O)C1. The lowest BCUT2D eigenvalue weighted by atomic mass is 9.72. The lowest BCUT2D eigenvalue weighted by molar-refractivity contribution is -0.0498. The van der Waals surface area contributed by atoms with Gasteiger partial charge in [0.05, 0.1) is 5.56 Å². The molecule has 1 amide bonds. The van der Waals surface area contributed by atoms with Crippen molar-refractivity contribution in [2.45, 2.75) is 46.6 Å². The van der Waals surface area contributed by atoms with Gasteiger partial charge in [0.1, 0.15) is 10.8 Å². The average molecular weight is 423 g/mol. The Morgan fingerprint density at radius 1 is 1.24 bits per heavy atom. The number of hydrogen-bond donors (Lipinski definition) is 2. The lowest BCUT2D eigenvalue weighted by Gasteiger charge is -2.33. The second kappa shape index (κ2) is 8.10. The Balaban J connectivity index is 1.83. The van der Waals surface area contributed by atoms with Crippen LogP contribution in [-0.2, 0) is 12.8 Å². The number of alkyl halides is 2. The van der Waals surface area contributed by atoms with Crippen molar-refractivity contribution in [1.29, 1.82) is 0 Å². The van der Waals surface area contributed by atoms with Crippen LogP contribution < -0.4 is 10.1 Å². The van der Waals surface area contributed by atoms with Crippen molar-refractivity contribution in [3.05, 3.63) is 45.8 Å². The molecule has 2 N–H and O–H groups in total. The van der Waals surface area contributed by atoms with Gasteiger partial charge in [0.25, 0.3) is 5.91 Å². The molecule has 1 aromatic carbocycles. The Morgan fingerprint density at radius 2 is 1.90 bits per heavy atom. The molecule has 1 aromatic heterocycles. The molecule has 0 spiro atoms. The first kappa shape index (κ1) is 21.2. The van der Waals surface area contributed by atoms with E-state index in [1.54, 1.807) is 0 Å². The van der Waals surface area contributed by atoms with Crippen LogP contribution in [0.2, 0.25) is 0 Å². The summed E-state index contributed by atoms with van der Waals surface area (Å²) in [7, 11) is 0. The second-order valence-corrected chi connectivity index (χ2v) is 9.28. The molecule has 1 unspecified atom stereocenters. The predicted octanol–water partition coefficient (Wildman–Crippen LogP) is 5.45. The topological polar surface area (TPSA) is 75.6 Å². The van der Waals surface area contributed by atoms with E-state index in [0.717, 1.165) is 23.3 Å². The third kappa shape index (κ3) is 4.75. The van der Waals surface area contributed by atoms with Crippen LogP contribution in [0.1, 0.15) is 58.3 Å². The third-order valence-electron chi connectivity index (χ3n) is 5.27. The molecular formula is C21H23F2NO4S. The van der Waals surface area contributed by atoms with Crippen molar-refractivity contribution in [2.75, 3.05) is 5.32 Å². The number of carbonyl (C=O) groups excluding carboxylic acids is 1. The van der Waals surface area contributed by atoms with Gasteiger partial charge >= 0.3 is 12.6 Å². The van der Waals surface area contributed by atoms with Crippen molar-refractivity contribution in [1.82, 2.24) is 0 Å². The molecule has 3 rings (SSSR count). The zero-order valence-electron chi connectivity index (χ0n) is 16.4. The molecule has 29 heavy (non-hydrogen) atoms. The number of nitrogens with one attached hydrogen (secondary N) is 1. The number of carboxylic acids is 1. The molecule has 1 atom stereocenters. The Hall–Kier alpha value is -2.48. The molecule has 0 bridgehead atoms. The maximum Gasteiger partial charge on any atom is 0.387 e. The number of carbonyl (C=O) groups is 2. The van der Waals surface area contributed by atoms with Gasteiger partial charge in [-0.1, -0.05) is 20.8 Å². The monoisotopic (exact) mass is 423 g/mol. The Bertz CT molecular complexity index is 916. The summed E-state index contributed by atoms with van der Waals surface area (Å²) in [5.74, 6) is -1.17. The van der Waals surface area contributed by atoms with Crippen molar-refractivity contribution >= 4 is 28.2 Å². The van der Waals surface area contributed by atoms with E-state index in [9.17, 15) is 23.5 Å². The minimum atomic E-state index is -2.94. The van der Waals surface area contributed by atoms with Gasteiger partial charge in [-0.05, 0) is 60.4 Å². The number of halogens is 2. The van der Waals surface area contributed by atoms with E-state index in [2.05, 4.69) is 30.8 Å². The largest absolute Gasteiger partial charge is 0.478 e. The standard InChI is InChI=1S/C21H23F2NO4S/c1-21(2,3)12-6-9-14-15(10-12)29-18(16(14)19(26)27)24-17(25)11-4-7-13(8-5-11)28-20(22)23/h4-5,7-8,12,20H,6,9-10H2,1-3H3,(H,24,25)(H,26,27). The van der Waals surface area contributed by atoms with E-state index >= 15 is 0 Å². The first-order valence-corrected chi connectivity index (χ1v) is 10.1. The molecule has 1 aliphatic rings. The van der Waals surface area contributed by atoms with E-state index in [-0.39, 0.29) is 22.3 Å². The Labute approximate surface area is 171 Å². The van der Waals surface area contributed by atoms with Crippen molar-refractivity contribution in [3.8, 4) is 5.75 Å². The zero-order chi connectivity index (χ0) is 21.3. The molecule has 156 valence electrons. The van der Waals surface area contributed by atoms with Crippen molar-refractivity contribution in [3.63, 3.8) is 0 Å². The molecule has 8 heteroatoms. The maximum absolute atomic E-state index is 12.6. The fourth-order valence-electron chi connectivity index (χ4n) is 3.60. The number of thiophene rings is 1. The van der Waals surface area contributed by atoms with Crippen LogP contribution >= 0.6 is 11.3 Å². The molecule has 0 fully saturated rings. The highest BCUT2D eigenvalue weighted by Crippen LogP contribution is 2.44. The van der Waals surface area contributed by atoms with Gasteiger partial charge in [0.2, 0.25) is 0 Å². The fourth-order valence-corrected chi connectivity index (χ4v) is 4.92. The second-order valence-electron chi connectivity index (χ2n) is 8.18. The summed E-state index contributed by atoms with van der Waals surface area (Å²) in [6.07, 6.45) is 2.37. The number of rotatable bonds is 5. The molecule has 0 saturated carbocycles. The summed E-state index contributed by atoms with van der Waals surface area (Å²) in [6, 6.07) is 5.26. The van der Waals surface area contributed by atoms with Gasteiger partial charge in [0, 0.05) is 10.4 Å². The molecule has 1 aliphatic carbocycles. The highest BCUT2D eigenvalue weighted by Gasteiger charge is 2.34. The van der Waals surface area contributed by atoms with Gasteiger partial charge in [-0.3, -0.25) is 4.79 Å². The molecule has 1 heterocycles. The summed E-state index contributed by atoms with van der Waals surface area (Å²) >= 11 is 1.31. The smallest absolute Gasteiger partial charge is 0.387 e. The zero-order valence-corrected chi connectivity index (χ0v) is 17.2. The predicted molar refractivity (Wildman–Crippen MR) is 107 cm³/mol. The van der Waals surface area contributed by atoms with E-state index in [1.807, 2.05) is 0 Å². The first-order chi connectivity index (χ1) is 13.6. The minimum absolute atomic E-state index is 0.0532. The summed E-state index contributed by atoms with van der Waals surface area (Å²) in [5, 5.41) is 12.7. The molecule has 0 aliphatic heterocycles. The van der Waals surface area contributed by atoms with Gasteiger partial charge in [0.15, 0.2) is 0 Å². The van der Waals surface area contributed by atoms with Gasteiger partial charge < -0.3 is 15.2 Å². The Kier molecular flexibility index (Phi) is 5.93. The van der Waals surface area contributed by atoms with E-state index in [0.29, 0.717) is 17.3 Å². The number of aromatic carboxylic acids is 1. The number of carboxylic acid groups (broad SMARTS) is 1. The highest BCUT2D eigenvalue weighted by atomic mass is 32.1. The van der Waals surface area contributed by atoms with Crippen LogP contribution in [0.4, 0.5) is 13.8 Å². The van der Waals surface area contributed by atoms with Gasteiger partial charge in [-0.15, -0.1) is 11.3 Å². The van der Waals surface area contributed by atoms with Crippen LogP contribution in [0.3, 0.4) is 0 Å². The third-order valence-corrected chi connectivity index (χ3v) is 6.44. The summed E-state index contributed by atoms with van der Waals surface area (Å²) in [5.41, 5.74) is 1.31. The summed E-state index contributed by atoms with van der Waals surface area (Å²) < 4.78 is 28.8. The fraction of sp³-hybridized carbons (Fsp3) is 0.429. The highest BCUT2D eigenvalue weighted by molar-refractivity contribution is 7.17. The number of hydrogen-bond acceptors (Lipinski definition) is 4. The van der Waals surface area contributed by atoms with Crippen molar-refractivity contribution in [2.24, 2.45) is 11.3 Å². The van der Waals surface area contributed by atoms with Crippen molar-refractivity contribution < 1.29 is 28.2 Å². The summed E-state index contributed by atoms with van der Waals surface area (Å²) in [6.45, 7) is 3.59. The number of fused-ring (bicyclic) bond motifs is 1. The minimum Gasteiger partial charge on any atom is -0.478 e. The van der Waals surface area contributed by atoms with Crippen LogP contribution in [0.15, 0.2) is 24.3 Å². The molecular weight excluding hydrogens is 400 g/mol. The van der Waals surface area contributed by atoms with Crippen LogP contribution in [0, 0.1) is 11.3 Å². The summed E-state index contributed by atoms with van der Waals surface area (Å²) in [4.78, 5) is 25.4. The average Bonchev–Trinajstić information content (AvgIpc) is 2.98. The van der Waals surface area contributed by atoms with Crippen LogP contribution in [0.5, 0.6) is 5.75 Å². The number of anilines is 1. The first-order valence-electron chi connectivity index (χ1n) is 9.30. The Morgan fingerprint density at radius 3 is 2.45 bits per heavy atom. The van der Waals surface area contributed by atoms with Gasteiger partial charge in [-0.25, -0.2) is 4.79 Å². The number of amides is 1. The molecule has 0 saturated heterocycles. The maximum atomic E-state index is 12.6. The number of benzene rings is 1. The van der Waals surface area contributed by atoms with E-state index in [1.165, 1.54) is 35.6 Å². The molecule has 0 radical (unpaired) electrons. The normalized spacial score (nSPS) is 16.4. The van der Waals surface area contributed by atoms with E-state index < -0.39 is 18.5 Å². The quantitative estimate of drug-likeness (QED) is 0.670. The lowest BCUT2D eigenvalue weighted by Crippen LogP contribution is -2.26. The van der Waals surface area contributed by atoms with Crippen LogP contribution in [0.25, 0.3) is 0 Å². The molecule has 2 aromatic rings.